The Labute approximate surface area is 123 Å². The van der Waals surface area contributed by atoms with Gasteiger partial charge in [0.2, 0.25) is 15.9 Å². The predicted octanol–water partition coefficient (Wildman–Crippen LogP) is 1.46. The van der Waals surface area contributed by atoms with Crippen molar-refractivity contribution in [3.05, 3.63) is 42.0 Å². The fourth-order valence-corrected chi connectivity index (χ4v) is 3.04. The molecule has 0 amide bonds. The van der Waals surface area contributed by atoms with E-state index in [-0.39, 0.29) is 23.9 Å². The molecule has 0 aliphatic heterocycles. The molecular weight excluding hydrogens is 290 g/mol. The third-order valence-electron chi connectivity index (χ3n) is 2.79. The maximum absolute atomic E-state index is 12.5. The Kier molecular flexibility index (Phi) is 4.73. The number of nitrogens with zero attached hydrogens (tertiary/aromatic N) is 3. The number of aryl methyl sites for hydroxylation is 1. The lowest BCUT2D eigenvalue weighted by Gasteiger charge is -2.17. The second-order valence-electron chi connectivity index (χ2n) is 4.25. The Bertz CT molecular complexity index is 732. The van der Waals surface area contributed by atoms with Gasteiger partial charge in [-0.15, -0.1) is 6.42 Å². The van der Waals surface area contributed by atoms with Crippen molar-refractivity contribution in [2.75, 3.05) is 6.54 Å². The van der Waals surface area contributed by atoms with Crippen LogP contribution in [-0.2, 0) is 23.0 Å². The number of terminal acetylenes is 1. The first kappa shape index (κ1) is 15.2. The lowest BCUT2D eigenvalue weighted by atomic mass is 10.4. The van der Waals surface area contributed by atoms with E-state index in [0.717, 1.165) is 4.31 Å². The van der Waals surface area contributed by atoms with Gasteiger partial charge in [-0.05, 0) is 12.1 Å². The molecular formula is C14H15N3O3S. The number of aromatic nitrogens is 2. The Hall–Kier alpha value is -2.17. The molecule has 2 rings (SSSR count). The van der Waals surface area contributed by atoms with Crippen molar-refractivity contribution in [1.29, 1.82) is 0 Å². The third-order valence-corrected chi connectivity index (χ3v) is 4.59. The summed E-state index contributed by atoms with van der Waals surface area (Å²) in [5.74, 6) is 3.10. The summed E-state index contributed by atoms with van der Waals surface area (Å²) in [5, 5.41) is 3.74. The maximum atomic E-state index is 12.5. The molecule has 0 saturated heterocycles. The third kappa shape index (κ3) is 3.48. The summed E-state index contributed by atoms with van der Waals surface area (Å²) < 4.78 is 31.2. The van der Waals surface area contributed by atoms with Crippen molar-refractivity contribution < 1.29 is 12.9 Å². The molecule has 0 bridgehead atoms. The second-order valence-corrected chi connectivity index (χ2v) is 6.19. The van der Waals surface area contributed by atoms with Crippen LogP contribution in [-0.4, -0.2) is 29.4 Å². The van der Waals surface area contributed by atoms with Crippen LogP contribution in [0.5, 0.6) is 0 Å². The highest BCUT2D eigenvalue weighted by Gasteiger charge is 2.25. The number of sulfonamides is 1. The van der Waals surface area contributed by atoms with Crippen molar-refractivity contribution in [3.63, 3.8) is 0 Å². The summed E-state index contributed by atoms with van der Waals surface area (Å²) in [4.78, 5) is 4.28. The van der Waals surface area contributed by atoms with Gasteiger partial charge in [0.25, 0.3) is 0 Å². The predicted molar refractivity (Wildman–Crippen MR) is 76.5 cm³/mol. The Balaban J connectivity index is 2.28. The first-order valence-electron chi connectivity index (χ1n) is 6.38. The number of benzene rings is 1. The van der Waals surface area contributed by atoms with Gasteiger partial charge in [0.15, 0.2) is 5.82 Å². The summed E-state index contributed by atoms with van der Waals surface area (Å²) in [6.07, 6.45) is 5.88. The Morgan fingerprint density at radius 2 is 2.05 bits per heavy atom. The first-order chi connectivity index (χ1) is 10.1. The van der Waals surface area contributed by atoms with Gasteiger partial charge in [-0.2, -0.15) is 9.29 Å². The van der Waals surface area contributed by atoms with Gasteiger partial charge in [0, 0.05) is 6.42 Å². The van der Waals surface area contributed by atoms with Gasteiger partial charge >= 0.3 is 0 Å². The van der Waals surface area contributed by atoms with E-state index in [9.17, 15) is 8.42 Å². The smallest absolute Gasteiger partial charge is 0.244 e. The molecule has 7 heteroatoms. The van der Waals surface area contributed by atoms with Crippen LogP contribution in [0.2, 0.25) is 0 Å². The average molecular weight is 305 g/mol. The largest absolute Gasteiger partial charge is 0.338 e. The highest BCUT2D eigenvalue weighted by atomic mass is 32.2. The molecule has 6 nitrogen and oxygen atoms in total. The zero-order chi connectivity index (χ0) is 15.3. The molecule has 1 aromatic carbocycles. The van der Waals surface area contributed by atoms with Gasteiger partial charge in [0.05, 0.1) is 18.0 Å². The standard InChI is InChI=1S/C14H15N3O3S/c1-3-10-17(11-14-15-13(4-2)16-20-14)21(18,19)12-8-6-5-7-9-12/h1,5-9H,4,10-11H2,2H3. The number of hydrogen-bond donors (Lipinski definition) is 0. The van der Waals surface area contributed by atoms with E-state index in [2.05, 4.69) is 16.1 Å². The second kappa shape index (κ2) is 6.52. The molecule has 0 saturated carbocycles. The molecule has 0 N–H and O–H groups in total. The first-order valence-corrected chi connectivity index (χ1v) is 7.82. The van der Waals surface area contributed by atoms with Crippen LogP contribution in [0.1, 0.15) is 18.6 Å². The molecule has 1 heterocycles. The molecule has 21 heavy (non-hydrogen) atoms. The minimum absolute atomic E-state index is 0.0472. The number of rotatable bonds is 6. The van der Waals surface area contributed by atoms with Crippen LogP contribution in [0.3, 0.4) is 0 Å². The van der Waals surface area contributed by atoms with Gasteiger partial charge < -0.3 is 4.52 Å². The molecule has 0 radical (unpaired) electrons. The Morgan fingerprint density at radius 1 is 1.33 bits per heavy atom. The SMILES string of the molecule is C#CCN(Cc1nc(CC)no1)S(=O)(=O)c1ccccc1. The van der Waals surface area contributed by atoms with Gasteiger partial charge in [0.1, 0.15) is 0 Å². The molecule has 2 aromatic rings. The van der Waals surface area contributed by atoms with Crippen LogP contribution in [0.15, 0.2) is 39.8 Å². The van der Waals surface area contributed by atoms with E-state index in [1.165, 1.54) is 12.1 Å². The van der Waals surface area contributed by atoms with Crippen LogP contribution in [0.25, 0.3) is 0 Å². The van der Waals surface area contributed by atoms with E-state index >= 15 is 0 Å². The molecule has 0 aliphatic rings. The van der Waals surface area contributed by atoms with E-state index in [4.69, 9.17) is 10.9 Å². The van der Waals surface area contributed by atoms with Crippen LogP contribution >= 0.6 is 0 Å². The highest BCUT2D eigenvalue weighted by Crippen LogP contribution is 2.17. The van der Waals surface area contributed by atoms with Crippen molar-refractivity contribution in [3.8, 4) is 12.3 Å². The molecule has 0 spiro atoms. The summed E-state index contributed by atoms with van der Waals surface area (Å²) in [6.45, 7) is 1.77. The minimum atomic E-state index is -3.70. The lowest BCUT2D eigenvalue weighted by molar-refractivity contribution is 0.326. The monoisotopic (exact) mass is 305 g/mol. The van der Waals surface area contributed by atoms with Gasteiger partial charge in [-0.25, -0.2) is 8.42 Å². The summed E-state index contributed by atoms with van der Waals surface area (Å²) in [6, 6.07) is 8.09. The zero-order valence-corrected chi connectivity index (χ0v) is 12.4. The number of hydrogen-bond acceptors (Lipinski definition) is 5. The summed E-state index contributed by atoms with van der Waals surface area (Å²) in [5.41, 5.74) is 0. The fraction of sp³-hybridized carbons (Fsp3) is 0.286. The minimum Gasteiger partial charge on any atom is -0.338 e. The van der Waals surface area contributed by atoms with Crippen LogP contribution < -0.4 is 0 Å². The molecule has 0 aliphatic carbocycles. The summed E-state index contributed by atoms with van der Waals surface area (Å²) >= 11 is 0. The molecule has 0 unspecified atom stereocenters. The van der Waals surface area contributed by atoms with Crippen molar-refractivity contribution in [1.82, 2.24) is 14.4 Å². The van der Waals surface area contributed by atoms with Crippen LogP contribution in [0, 0.1) is 12.3 Å². The van der Waals surface area contributed by atoms with Crippen molar-refractivity contribution in [2.45, 2.75) is 24.8 Å². The normalized spacial score (nSPS) is 11.5. The average Bonchev–Trinajstić information content (AvgIpc) is 2.95. The molecule has 110 valence electrons. The van der Waals surface area contributed by atoms with Crippen molar-refractivity contribution in [2.24, 2.45) is 0 Å². The highest BCUT2D eigenvalue weighted by molar-refractivity contribution is 7.89. The van der Waals surface area contributed by atoms with Gasteiger partial charge in [-0.1, -0.05) is 36.2 Å². The Morgan fingerprint density at radius 3 is 2.62 bits per heavy atom. The maximum Gasteiger partial charge on any atom is 0.244 e. The summed E-state index contributed by atoms with van der Waals surface area (Å²) in [7, 11) is -3.70. The lowest BCUT2D eigenvalue weighted by Crippen LogP contribution is -2.31. The van der Waals surface area contributed by atoms with E-state index in [1.54, 1.807) is 18.2 Å². The topological polar surface area (TPSA) is 76.3 Å². The van der Waals surface area contributed by atoms with Crippen molar-refractivity contribution >= 4 is 10.0 Å². The quantitative estimate of drug-likeness (QED) is 0.755. The molecule has 0 atom stereocenters. The van der Waals surface area contributed by atoms with E-state index in [1.807, 2.05) is 6.92 Å². The zero-order valence-electron chi connectivity index (χ0n) is 11.6. The molecule has 0 fully saturated rings. The van der Waals surface area contributed by atoms with Crippen LogP contribution in [0.4, 0.5) is 0 Å². The molecule has 1 aromatic heterocycles. The van der Waals surface area contributed by atoms with Gasteiger partial charge in [-0.3, -0.25) is 0 Å². The fourth-order valence-electron chi connectivity index (χ4n) is 1.72. The van der Waals surface area contributed by atoms with E-state index < -0.39 is 10.0 Å². The van der Waals surface area contributed by atoms with E-state index in [0.29, 0.717) is 12.2 Å².